The topological polar surface area (TPSA) is 96.2 Å². The predicted octanol–water partition coefficient (Wildman–Crippen LogP) is 2.76. The number of nitrogens with one attached hydrogen (secondary N) is 1. The van der Waals surface area contributed by atoms with Crippen molar-refractivity contribution in [1.29, 1.82) is 0 Å². The summed E-state index contributed by atoms with van der Waals surface area (Å²) in [5.41, 5.74) is 3.12. The first-order valence-corrected chi connectivity index (χ1v) is 9.81. The number of carbonyl (C=O) groups excluding carboxylic acids is 1. The highest BCUT2D eigenvalue weighted by Gasteiger charge is 2.30. The van der Waals surface area contributed by atoms with Crippen LogP contribution in [0.4, 0.5) is 11.5 Å². The van der Waals surface area contributed by atoms with Crippen molar-refractivity contribution in [3.05, 3.63) is 53.9 Å². The molecule has 0 bridgehead atoms. The van der Waals surface area contributed by atoms with Crippen LogP contribution in [0.1, 0.15) is 41.2 Å². The second-order valence-electron chi connectivity index (χ2n) is 7.66. The van der Waals surface area contributed by atoms with Gasteiger partial charge in [0, 0.05) is 13.6 Å². The summed E-state index contributed by atoms with van der Waals surface area (Å²) in [6.07, 6.45) is 3.95. The van der Waals surface area contributed by atoms with E-state index in [4.69, 9.17) is 4.98 Å². The molecule has 0 saturated heterocycles. The average Bonchev–Trinajstić information content (AvgIpc) is 3.42. The normalized spacial score (nSPS) is 20.9. The van der Waals surface area contributed by atoms with E-state index in [0.29, 0.717) is 29.4 Å². The van der Waals surface area contributed by atoms with Gasteiger partial charge in [0.25, 0.3) is 5.91 Å². The van der Waals surface area contributed by atoms with E-state index in [1.54, 1.807) is 18.3 Å². The highest BCUT2D eigenvalue weighted by atomic mass is 16.3. The lowest BCUT2D eigenvalue weighted by atomic mass is 10.1. The molecule has 1 fully saturated rings. The van der Waals surface area contributed by atoms with Crippen LogP contribution in [0.15, 0.2) is 42.7 Å². The third-order valence-corrected chi connectivity index (χ3v) is 5.73. The largest absolute Gasteiger partial charge is 0.391 e. The zero-order chi connectivity index (χ0) is 20.0. The molecule has 5 rings (SSSR count). The molecule has 29 heavy (non-hydrogen) atoms. The van der Waals surface area contributed by atoms with Gasteiger partial charge in [0.15, 0.2) is 5.82 Å². The highest BCUT2D eigenvalue weighted by Crippen LogP contribution is 2.33. The Morgan fingerprint density at radius 1 is 1.17 bits per heavy atom. The van der Waals surface area contributed by atoms with Gasteiger partial charge in [-0.25, -0.2) is 4.98 Å². The minimum Gasteiger partial charge on any atom is -0.391 e. The Morgan fingerprint density at radius 3 is 2.86 bits per heavy atom. The van der Waals surface area contributed by atoms with Crippen LogP contribution in [0, 0.1) is 0 Å². The summed E-state index contributed by atoms with van der Waals surface area (Å²) in [5.74, 6) is 1.27. The molecule has 0 radical (unpaired) electrons. The molecule has 148 valence electrons. The fourth-order valence-corrected chi connectivity index (χ4v) is 4.29. The number of hydrogen-bond donors (Lipinski definition) is 2. The van der Waals surface area contributed by atoms with Gasteiger partial charge in [-0.15, -0.1) is 10.2 Å². The van der Waals surface area contributed by atoms with Crippen LogP contribution >= 0.6 is 0 Å². The number of aliphatic hydroxyl groups excluding tert-OH is 1. The number of amides is 1. The highest BCUT2D eigenvalue weighted by molar-refractivity contribution is 6.03. The molecule has 0 spiro atoms. The maximum absolute atomic E-state index is 12.5. The Kier molecular flexibility index (Phi) is 4.28. The first kappa shape index (κ1) is 17.8. The fourth-order valence-electron chi connectivity index (χ4n) is 4.29. The Morgan fingerprint density at radius 2 is 2.03 bits per heavy atom. The van der Waals surface area contributed by atoms with Gasteiger partial charge in [0.05, 0.1) is 23.4 Å². The third-order valence-electron chi connectivity index (χ3n) is 5.73. The molecular formula is C21H22N6O2. The van der Waals surface area contributed by atoms with E-state index in [-0.39, 0.29) is 18.1 Å². The molecule has 1 aliphatic heterocycles. The van der Waals surface area contributed by atoms with Crippen LogP contribution in [-0.2, 0) is 6.54 Å². The predicted molar refractivity (Wildman–Crippen MR) is 108 cm³/mol. The standard InChI is InChI=1S/C21H22N6O2/c1-26-11-13-5-2-6-14(19(13)21(26)29)23-18-10-3-7-15(24-18)20-25-22-12-27(20)16-8-4-9-17(16)28/h2-3,5-7,10,12,16-17,28H,4,8-9,11H2,1H3,(H,23,24)/t16-,17-/m1/s1. The van der Waals surface area contributed by atoms with Crippen molar-refractivity contribution in [1.82, 2.24) is 24.6 Å². The Balaban J connectivity index is 1.47. The maximum atomic E-state index is 12.5. The van der Waals surface area contributed by atoms with Crippen LogP contribution in [0.3, 0.4) is 0 Å². The average molecular weight is 390 g/mol. The first-order chi connectivity index (χ1) is 14.1. The van der Waals surface area contributed by atoms with Crippen molar-refractivity contribution in [2.45, 2.75) is 38.0 Å². The maximum Gasteiger partial charge on any atom is 0.256 e. The van der Waals surface area contributed by atoms with E-state index in [0.717, 1.165) is 30.5 Å². The van der Waals surface area contributed by atoms with Gasteiger partial charge in [-0.1, -0.05) is 18.2 Å². The minimum absolute atomic E-state index is 0.00854. The Hall–Kier alpha value is -3.26. The smallest absolute Gasteiger partial charge is 0.256 e. The molecule has 3 heterocycles. The number of aliphatic hydroxyl groups is 1. The van der Waals surface area contributed by atoms with Crippen LogP contribution in [-0.4, -0.2) is 48.8 Å². The van der Waals surface area contributed by atoms with Gasteiger partial charge in [-0.05, 0) is 43.0 Å². The van der Waals surface area contributed by atoms with Crippen molar-refractivity contribution < 1.29 is 9.90 Å². The lowest BCUT2D eigenvalue weighted by Gasteiger charge is -2.18. The summed E-state index contributed by atoms with van der Waals surface area (Å²) < 4.78 is 1.92. The van der Waals surface area contributed by atoms with E-state index in [1.165, 1.54) is 0 Å². The van der Waals surface area contributed by atoms with E-state index < -0.39 is 0 Å². The van der Waals surface area contributed by atoms with E-state index in [1.807, 2.05) is 41.0 Å². The molecule has 8 heteroatoms. The summed E-state index contributed by atoms with van der Waals surface area (Å²) in [7, 11) is 1.80. The number of hydrogen-bond acceptors (Lipinski definition) is 6. The molecule has 0 unspecified atom stereocenters. The molecule has 2 N–H and O–H groups in total. The molecule has 2 aliphatic rings. The van der Waals surface area contributed by atoms with E-state index in [2.05, 4.69) is 15.5 Å². The Labute approximate surface area is 168 Å². The van der Waals surface area contributed by atoms with Gasteiger partial charge >= 0.3 is 0 Å². The van der Waals surface area contributed by atoms with Gasteiger partial charge in [0.1, 0.15) is 17.8 Å². The fraction of sp³-hybridized carbons (Fsp3) is 0.333. The van der Waals surface area contributed by atoms with Crippen molar-refractivity contribution in [3.63, 3.8) is 0 Å². The van der Waals surface area contributed by atoms with Crippen LogP contribution in [0.2, 0.25) is 0 Å². The summed E-state index contributed by atoms with van der Waals surface area (Å²) >= 11 is 0. The second kappa shape index (κ2) is 6.97. The van der Waals surface area contributed by atoms with Crippen molar-refractivity contribution >= 4 is 17.4 Å². The third kappa shape index (κ3) is 3.05. The minimum atomic E-state index is -0.388. The molecule has 1 aromatic carbocycles. The number of rotatable bonds is 4. The zero-order valence-electron chi connectivity index (χ0n) is 16.1. The number of aromatic nitrogens is 4. The van der Waals surface area contributed by atoms with Crippen LogP contribution < -0.4 is 5.32 Å². The van der Waals surface area contributed by atoms with Crippen LogP contribution in [0.5, 0.6) is 0 Å². The molecule has 1 saturated carbocycles. The zero-order valence-corrected chi connectivity index (χ0v) is 16.1. The molecular weight excluding hydrogens is 368 g/mol. The summed E-state index contributed by atoms with van der Waals surface area (Å²) in [6.45, 7) is 0.615. The lowest BCUT2D eigenvalue weighted by molar-refractivity contribution is 0.0817. The van der Waals surface area contributed by atoms with E-state index >= 15 is 0 Å². The molecule has 1 amide bonds. The summed E-state index contributed by atoms with van der Waals surface area (Å²) in [5, 5.41) is 21.9. The number of nitrogens with zero attached hydrogens (tertiary/aromatic N) is 5. The van der Waals surface area contributed by atoms with Crippen molar-refractivity contribution in [2.75, 3.05) is 12.4 Å². The molecule has 8 nitrogen and oxygen atoms in total. The van der Waals surface area contributed by atoms with Gasteiger partial charge in [-0.2, -0.15) is 0 Å². The van der Waals surface area contributed by atoms with Gasteiger partial charge < -0.3 is 19.9 Å². The number of carbonyl (C=O) groups is 1. The summed E-state index contributed by atoms with van der Waals surface area (Å²) in [4.78, 5) is 18.9. The Bertz CT molecular complexity index is 1080. The van der Waals surface area contributed by atoms with E-state index in [9.17, 15) is 9.90 Å². The van der Waals surface area contributed by atoms with Crippen molar-refractivity contribution in [2.24, 2.45) is 0 Å². The molecule has 1 aliphatic carbocycles. The number of anilines is 2. The first-order valence-electron chi connectivity index (χ1n) is 9.81. The van der Waals surface area contributed by atoms with Gasteiger partial charge in [0.2, 0.25) is 0 Å². The SMILES string of the molecule is CN1Cc2cccc(Nc3cccc(-c4nncn4[C@@H]4CCC[C@H]4O)n3)c2C1=O. The number of benzene rings is 1. The number of pyridine rings is 1. The molecule has 2 aromatic heterocycles. The molecule has 2 atom stereocenters. The quantitative estimate of drug-likeness (QED) is 0.711. The monoisotopic (exact) mass is 390 g/mol. The number of fused-ring (bicyclic) bond motifs is 1. The second-order valence-corrected chi connectivity index (χ2v) is 7.66. The summed E-state index contributed by atoms with van der Waals surface area (Å²) in [6, 6.07) is 11.4. The van der Waals surface area contributed by atoms with Gasteiger partial charge in [-0.3, -0.25) is 4.79 Å². The lowest BCUT2D eigenvalue weighted by Crippen LogP contribution is -2.18. The molecule has 3 aromatic rings. The van der Waals surface area contributed by atoms with Crippen LogP contribution in [0.25, 0.3) is 11.5 Å². The van der Waals surface area contributed by atoms with Crippen molar-refractivity contribution in [3.8, 4) is 11.5 Å².